The summed E-state index contributed by atoms with van der Waals surface area (Å²) < 4.78 is 2.78. The minimum atomic E-state index is -0.941. The average Bonchev–Trinajstić information content (AvgIpc) is 2.92. The molecule has 0 aliphatic carbocycles. The van der Waals surface area contributed by atoms with E-state index in [1.807, 2.05) is 11.4 Å². The zero-order valence-electron chi connectivity index (χ0n) is 10.8. The second kappa shape index (κ2) is 4.92. The molecule has 3 aromatic rings. The van der Waals surface area contributed by atoms with E-state index in [9.17, 15) is 4.79 Å². The summed E-state index contributed by atoms with van der Waals surface area (Å²) in [6, 6.07) is 4.92. The molecule has 3 rings (SSSR count). The molecule has 0 fully saturated rings. The van der Waals surface area contributed by atoms with Gasteiger partial charge in [0.25, 0.3) is 0 Å². The number of fused-ring (bicyclic) bond motifs is 3. The fourth-order valence-corrected chi connectivity index (χ4v) is 2.88. The van der Waals surface area contributed by atoms with Crippen LogP contribution in [0.4, 0.5) is 0 Å². The molecule has 7 heteroatoms. The highest BCUT2D eigenvalue weighted by molar-refractivity contribution is 9.10. The fraction of sp³-hybridized carbons (Fsp3) is 0.231. The Kier molecular flexibility index (Phi) is 3.23. The molecule has 104 valence electrons. The molecule has 0 bridgehead atoms. The summed E-state index contributed by atoms with van der Waals surface area (Å²) in [6.45, 7) is 0.848. The van der Waals surface area contributed by atoms with Gasteiger partial charge in [-0.05, 0) is 41.2 Å². The number of benzene rings is 1. The van der Waals surface area contributed by atoms with E-state index in [-0.39, 0.29) is 5.56 Å². The zero-order chi connectivity index (χ0) is 14.3. The molecule has 0 unspecified atom stereocenters. The predicted molar refractivity (Wildman–Crippen MR) is 79.3 cm³/mol. The number of nitrogens with one attached hydrogen (secondary N) is 2. The molecule has 0 spiro atoms. The molecular formula is C13H13BrN4O2. The van der Waals surface area contributed by atoms with Crippen molar-refractivity contribution in [2.24, 2.45) is 0 Å². The number of carbonyl (C=O) groups is 1. The summed E-state index contributed by atoms with van der Waals surface area (Å²) in [7, 11) is 1.90. The maximum absolute atomic E-state index is 11.1. The first kappa shape index (κ1) is 13.1. The van der Waals surface area contributed by atoms with Crippen molar-refractivity contribution < 1.29 is 9.90 Å². The van der Waals surface area contributed by atoms with Crippen molar-refractivity contribution in [1.29, 1.82) is 0 Å². The van der Waals surface area contributed by atoms with Crippen LogP contribution >= 0.6 is 15.9 Å². The van der Waals surface area contributed by atoms with Gasteiger partial charge in [0.2, 0.25) is 5.78 Å². The highest BCUT2D eigenvalue weighted by atomic mass is 79.9. The van der Waals surface area contributed by atoms with Crippen LogP contribution in [0.25, 0.3) is 16.8 Å². The summed E-state index contributed by atoms with van der Waals surface area (Å²) in [6.07, 6.45) is 0.834. The van der Waals surface area contributed by atoms with Crippen molar-refractivity contribution in [3.63, 3.8) is 0 Å². The van der Waals surface area contributed by atoms with Crippen LogP contribution in [-0.2, 0) is 6.42 Å². The monoisotopic (exact) mass is 336 g/mol. The van der Waals surface area contributed by atoms with Crippen molar-refractivity contribution in [2.45, 2.75) is 6.42 Å². The quantitative estimate of drug-likeness (QED) is 0.680. The van der Waals surface area contributed by atoms with Crippen LogP contribution in [0.5, 0.6) is 0 Å². The van der Waals surface area contributed by atoms with E-state index in [0.717, 1.165) is 34.3 Å². The molecular weight excluding hydrogens is 324 g/mol. The highest BCUT2D eigenvalue weighted by Gasteiger charge is 2.15. The van der Waals surface area contributed by atoms with E-state index in [2.05, 4.69) is 31.2 Å². The molecule has 2 aromatic heterocycles. The van der Waals surface area contributed by atoms with Gasteiger partial charge in [0.1, 0.15) is 4.60 Å². The Morgan fingerprint density at radius 2 is 2.35 bits per heavy atom. The number of aromatic carboxylic acids is 1. The summed E-state index contributed by atoms with van der Waals surface area (Å²) in [5.41, 5.74) is 2.83. The van der Waals surface area contributed by atoms with E-state index in [1.54, 1.807) is 18.2 Å². The molecule has 0 saturated heterocycles. The maximum Gasteiger partial charge on any atom is 0.335 e. The van der Waals surface area contributed by atoms with Gasteiger partial charge in [-0.15, -0.1) is 0 Å². The van der Waals surface area contributed by atoms with E-state index < -0.39 is 5.97 Å². The van der Waals surface area contributed by atoms with E-state index in [0.29, 0.717) is 5.78 Å². The molecule has 3 N–H and O–H groups in total. The van der Waals surface area contributed by atoms with Crippen molar-refractivity contribution in [3.8, 4) is 0 Å². The van der Waals surface area contributed by atoms with Gasteiger partial charge < -0.3 is 15.4 Å². The highest BCUT2D eigenvalue weighted by Crippen LogP contribution is 2.25. The number of halogens is 1. The number of carboxylic acid groups (broad SMARTS) is 1. The lowest BCUT2D eigenvalue weighted by Gasteiger charge is -1.99. The van der Waals surface area contributed by atoms with Crippen molar-refractivity contribution >= 4 is 38.7 Å². The first-order chi connectivity index (χ1) is 9.61. The first-order valence-electron chi connectivity index (χ1n) is 6.18. The van der Waals surface area contributed by atoms with Gasteiger partial charge in [-0.25, -0.2) is 9.78 Å². The predicted octanol–water partition coefficient (Wildman–Crippen LogP) is 2.04. The molecule has 0 aliphatic heterocycles. The zero-order valence-corrected chi connectivity index (χ0v) is 12.4. The lowest BCUT2D eigenvalue weighted by molar-refractivity contribution is 0.0697. The maximum atomic E-state index is 11.1. The number of carboxylic acids is 1. The van der Waals surface area contributed by atoms with Crippen LogP contribution in [0.2, 0.25) is 0 Å². The minimum Gasteiger partial charge on any atom is -0.478 e. The molecule has 0 amide bonds. The summed E-state index contributed by atoms with van der Waals surface area (Å²) in [4.78, 5) is 18.8. The number of nitrogens with zero attached hydrogens (tertiary/aromatic N) is 2. The topological polar surface area (TPSA) is 82.4 Å². The average molecular weight is 337 g/mol. The van der Waals surface area contributed by atoms with Crippen LogP contribution in [0, 0.1) is 0 Å². The molecule has 0 radical (unpaired) electrons. The largest absolute Gasteiger partial charge is 0.478 e. The van der Waals surface area contributed by atoms with Crippen LogP contribution in [0.1, 0.15) is 16.1 Å². The number of likely N-dealkylation sites (N-methyl/N-ethyl adjacent to an activating group) is 1. The lowest BCUT2D eigenvalue weighted by Crippen LogP contribution is -2.10. The Balaban J connectivity index is 2.21. The molecule has 0 atom stereocenters. The first-order valence-corrected chi connectivity index (χ1v) is 6.97. The Morgan fingerprint density at radius 3 is 3.05 bits per heavy atom. The van der Waals surface area contributed by atoms with Gasteiger partial charge in [0.05, 0.1) is 22.3 Å². The lowest BCUT2D eigenvalue weighted by atomic mass is 10.2. The fourth-order valence-electron chi connectivity index (χ4n) is 2.23. The van der Waals surface area contributed by atoms with Gasteiger partial charge >= 0.3 is 5.97 Å². The SMILES string of the molecule is CNCCc1[nH]c2nc3ccc(C(=O)O)cc3n2c1Br. The van der Waals surface area contributed by atoms with Crippen LogP contribution in [0.15, 0.2) is 22.8 Å². The number of H-pyrrole nitrogens is 1. The van der Waals surface area contributed by atoms with Crippen molar-refractivity contribution in [3.05, 3.63) is 34.1 Å². The third-order valence-corrected chi connectivity index (χ3v) is 4.07. The third kappa shape index (κ3) is 1.99. The number of aromatic amines is 1. The third-order valence-electron chi connectivity index (χ3n) is 3.23. The molecule has 20 heavy (non-hydrogen) atoms. The standard InChI is InChI=1S/C13H13BrN4O2/c1-15-5-4-9-11(14)18-10-6-7(12(19)20)2-3-8(10)16-13(18)17-9/h2-3,6,15H,4-5H2,1H3,(H,16,17)(H,19,20). The Hall–Kier alpha value is -1.86. The Morgan fingerprint density at radius 1 is 1.55 bits per heavy atom. The smallest absolute Gasteiger partial charge is 0.335 e. The Labute approximate surface area is 122 Å². The molecule has 1 aromatic carbocycles. The van der Waals surface area contributed by atoms with Crippen LogP contribution in [-0.4, -0.2) is 39.0 Å². The molecule has 0 aliphatic rings. The van der Waals surface area contributed by atoms with Gasteiger partial charge in [-0.3, -0.25) is 4.40 Å². The number of imidazole rings is 2. The number of hydrogen-bond donors (Lipinski definition) is 3. The van der Waals surface area contributed by atoms with Gasteiger partial charge in [-0.1, -0.05) is 0 Å². The summed E-state index contributed by atoms with van der Waals surface area (Å²) >= 11 is 3.56. The normalized spacial score (nSPS) is 11.5. The molecule has 0 saturated carbocycles. The summed E-state index contributed by atoms with van der Waals surface area (Å²) in [5.74, 6) is -0.232. The minimum absolute atomic E-state index is 0.254. The van der Waals surface area contributed by atoms with Crippen LogP contribution < -0.4 is 5.32 Å². The second-order valence-electron chi connectivity index (χ2n) is 4.53. The second-order valence-corrected chi connectivity index (χ2v) is 5.28. The number of aromatic nitrogens is 3. The number of rotatable bonds is 4. The molecule has 6 nitrogen and oxygen atoms in total. The van der Waals surface area contributed by atoms with Gasteiger partial charge in [0, 0.05) is 13.0 Å². The van der Waals surface area contributed by atoms with Gasteiger partial charge in [0.15, 0.2) is 0 Å². The van der Waals surface area contributed by atoms with E-state index >= 15 is 0 Å². The van der Waals surface area contributed by atoms with E-state index in [4.69, 9.17) is 5.11 Å². The Bertz CT molecular complexity index is 806. The van der Waals surface area contributed by atoms with Crippen molar-refractivity contribution in [1.82, 2.24) is 19.7 Å². The molecule has 2 heterocycles. The summed E-state index contributed by atoms with van der Waals surface area (Å²) in [5, 5.41) is 12.2. The van der Waals surface area contributed by atoms with Gasteiger partial charge in [-0.2, -0.15) is 0 Å². The van der Waals surface area contributed by atoms with Crippen molar-refractivity contribution in [2.75, 3.05) is 13.6 Å². The number of hydrogen-bond acceptors (Lipinski definition) is 3. The van der Waals surface area contributed by atoms with E-state index in [1.165, 1.54) is 0 Å². The van der Waals surface area contributed by atoms with Crippen LogP contribution in [0.3, 0.4) is 0 Å².